The fourth-order valence-electron chi connectivity index (χ4n) is 1.08. The molecule has 1 rings (SSSR count). The molecule has 0 spiro atoms. The minimum atomic E-state index is -1.10. The molecule has 1 unspecified atom stereocenters. The van der Waals surface area contributed by atoms with Crippen molar-refractivity contribution in [2.75, 3.05) is 0 Å². The minimum Gasteiger partial charge on any atom is -0.481 e. The molecule has 5 nitrogen and oxygen atoms in total. The zero-order valence-corrected chi connectivity index (χ0v) is 7.37. The number of benzene rings is 1. The number of hydrogen-bond donors (Lipinski definition) is 1. The van der Waals surface area contributed by atoms with E-state index in [1.54, 1.807) is 12.1 Å². The summed E-state index contributed by atoms with van der Waals surface area (Å²) in [5.74, 6) is -1.10. The van der Waals surface area contributed by atoms with Gasteiger partial charge in [-0.2, -0.15) is 0 Å². The Morgan fingerprint density at radius 3 is 2.64 bits per heavy atom. The Balaban J connectivity index is 2.75. The van der Waals surface area contributed by atoms with Gasteiger partial charge in [0, 0.05) is 4.91 Å². The number of rotatable bonds is 4. The molecule has 0 aliphatic rings. The molecular weight excluding hydrogens is 182 g/mol. The van der Waals surface area contributed by atoms with Crippen LogP contribution in [0.3, 0.4) is 0 Å². The van der Waals surface area contributed by atoms with E-state index in [0.717, 1.165) is 5.56 Å². The lowest BCUT2D eigenvalue weighted by atomic mass is 10.1. The lowest BCUT2D eigenvalue weighted by Gasteiger charge is -2.04. The molecule has 0 radical (unpaired) electrons. The van der Waals surface area contributed by atoms with E-state index in [0.29, 0.717) is 0 Å². The summed E-state index contributed by atoms with van der Waals surface area (Å²) >= 11 is 0. The van der Waals surface area contributed by atoms with E-state index in [9.17, 15) is 4.79 Å². The molecule has 5 heteroatoms. The Kier molecular flexibility index (Phi) is 3.52. The number of carboxylic acid groups (broad SMARTS) is 1. The molecule has 0 aliphatic heterocycles. The third-order valence-corrected chi connectivity index (χ3v) is 1.75. The van der Waals surface area contributed by atoms with Crippen LogP contribution in [0.2, 0.25) is 0 Å². The van der Waals surface area contributed by atoms with Gasteiger partial charge in [0.1, 0.15) is 6.04 Å². The summed E-state index contributed by atoms with van der Waals surface area (Å²) in [6.45, 7) is 0. The second-order valence-electron chi connectivity index (χ2n) is 2.75. The molecule has 14 heavy (non-hydrogen) atoms. The highest BCUT2D eigenvalue weighted by molar-refractivity contribution is 5.74. The van der Waals surface area contributed by atoms with Crippen molar-refractivity contribution in [1.82, 2.24) is 0 Å². The van der Waals surface area contributed by atoms with Crippen LogP contribution in [-0.4, -0.2) is 17.1 Å². The van der Waals surface area contributed by atoms with Crippen molar-refractivity contribution in [3.05, 3.63) is 46.3 Å². The van der Waals surface area contributed by atoms with Crippen LogP contribution in [0.1, 0.15) is 5.56 Å². The van der Waals surface area contributed by atoms with E-state index in [2.05, 4.69) is 10.0 Å². The number of azide groups is 1. The maximum absolute atomic E-state index is 10.6. The van der Waals surface area contributed by atoms with E-state index in [4.69, 9.17) is 10.6 Å². The second-order valence-corrected chi connectivity index (χ2v) is 2.75. The zero-order valence-electron chi connectivity index (χ0n) is 7.37. The highest BCUT2D eigenvalue weighted by atomic mass is 16.4. The SMILES string of the molecule is [N-]=[N+]=NC(Cc1ccccc1)C(=O)O. The summed E-state index contributed by atoms with van der Waals surface area (Å²) in [4.78, 5) is 13.1. The van der Waals surface area contributed by atoms with Crippen molar-refractivity contribution in [1.29, 1.82) is 0 Å². The summed E-state index contributed by atoms with van der Waals surface area (Å²) < 4.78 is 0. The first-order chi connectivity index (χ1) is 6.74. The number of nitrogens with zero attached hydrogens (tertiary/aromatic N) is 3. The van der Waals surface area contributed by atoms with Crippen molar-refractivity contribution in [2.24, 2.45) is 5.11 Å². The van der Waals surface area contributed by atoms with Gasteiger partial charge in [-0.15, -0.1) is 0 Å². The summed E-state index contributed by atoms with van der Waals surface area (Å²) in [5, 5.41) is 11.9. The van der Waals surface area contributed by atoms with Crippen LogP contribution < -0.4 is 0 Å². The van der Waals surface area contributed by atoms with Gasteiger partial charge in [-0.3, -0.25) is 4.79 Å². The van der Waals surface area contributed by atoms with Gasteiger partial charge in [-0.1, -0.05) is 35.4 Å². The van der Waals surface area contributed by atoms with Crippen LogP contribution in [0.5, 0.6) is 0 Å². The Morgan fingerprint density at radius 2 is 2.14 bits per heavy atom. The first kappa shape index (κ1) is 10.1. The van der Waals surface area contributed by atoms with Crippen LogP contribution in [0.25, 0.3) is 10.4 Å². The molecule has 1 aromatic carbocycles. The first-order valence-corrected chi connectivity index (χ1v) is 4.05. The molecule has 0 bridgehead atoms. The van der Waals surface area contributed by atoms with Crippen molar-refractivity contribution in [2.45, 2.75) is 12.5 Å². The minimum absolute atomic E-state index is 0.222. The Morgan fingerprint density at radius 1 is 1.50 bits per heavy atom. The van der Waals surface area contributed by atoms with Crippen molar-refractivity contribution >= 4 is 5.97 Å². The lowest BCUT2D eigenvalue weighted by Crippen LogP contribution is -2.19. The number of hydrogen-bond acceptors (Lipinski definition) is 2. The van der Waals surface area contributed by atoms with Crippen molar-refractivity contribution in [3.8, 4) is 0 Å². The molecule has 72 valence electrons. The fourth-order valence-corrected chi connectivity index (χ4v) is 1.08. The average Bonchev–Trinajstić information content (AvgIpc) is 2.18. The molecule has 0 amide bonds. The van der Waals surface area contributed by atoms with Crippen LogP contribution in [-0.2, 0) is 11.2 Å². The Labute approximate surface area is 80.6 Å². The van der Waals surface area contributed by atoms with Crippen molar-refractivity contribution < 1.29 is 9.90 Å². The second kappa shape index (κ2) is 4.89. The fraction of sp³-hybridized carbons (Fsp3) is 0.222. The van der Waals surface area contributed by atoms with E-state index in [1.807, 2.05) is 18.2 Å². The largest absolute Gasteiger partial charge is 0.481 e. The maximum Gasteiger partial charge on any atom is 0.312 e. The van der Waals surface area contributed by atoms with Gasteiger partial charge in [0.05, 0.1) is 0 Å². The Bertz CT molecular complexity index is 356. The van der Waals surface area contributed by atoms with Crippen LogP contribution in [0, 0.1) is 0 Å². The topological polar surface area (TPSA) is 86.1 Å². The quantitative estimate of drug-likeness (QED) is 0.448. The third kappa shape index (κ3) is 2.80. The molecule has 0 heterocycles. The summed E-state index contributed by atoms with van der Waals surface area (Å²) in [6.07, 6.45) is 0.222. The summed E-state index contributed by atoms with van der Waals surface area (Å²) in [6, 6.07) is 8.02. The molecule has 0 aliphatic carbocycles. The number of carboxylic acids is 1. The average molecular weight is 191 g/mol. The molecule has 0 fully saturated rings. The number of aliphatic carboxylic acids is 1. The molecular formula is C9H9N3O2. The highest BCUT2D eigenvalue weighted by Crippen LogP contribution is 2.06. The molecule has 1 aromatic rings. The molecule has 0 saturated heterocycles. The monoisotopic (exact) mass is 191 g/mol. The first-order valence-electron chi connectivity index (χ1n) is 4.05. The lowest BCUT2D eigenvalue weighted by molar-refractivity contribution is -0.138. The summed E-state index contributed by atoms with van der Waals surface area (Å²) in [5.41, 5.74) is 9.00. The van der Waals surface area contributed by atoms with Crippen LogP contribution in [0.15, 0.2) is 35.4 Å². The van der Waals surface area contributed by atoms with Crippen LogP contribution >= 0.6 is 0 Å². The van der Waals surface area contributed by atoms with E-state index in [1.165, 1.54) is 0 Å². The predicted molar refractivity (Wildman–Crippen MR) is 50.7 cm³/mol. The summed E-state index contributed by atoms with van der Waals surface area (Å²) in [7, 11) is 0. The van der Waals surface area contributed by atoms with Crippen LogP contribution in [0.4, 0.5) is 0 Å². The number of carbonyl (C=O) groups is 1. The van der Waals surface area contributed by atoms with Gasteiger partial charge in [0.15, 0.2) is 0 Å². The van der Waals surface area contributed by atoms with Gasteiger partial charge >= 0.3 is 5.97 Å². The smallest absolute Gasteiger partial charge is 0.312 e. The Hall–Kier alpha value is -2.00. The van der Waals surface area contributed by atoms with E-state index in [-0.39, 0.29) is 6.42 Å². The molecule has 1 N–H and O–H groups in total. The van der Waals surface area contributed by atoms with Gasteiger partial charge in [0.25, 0.3) is 0 Å². The van der Waals surface area contributed by atoms with E-state index < -0.39 is 12.0 Å². The predicted octanol–water partition coefficient (Wildman–Crippen LogP) is 1.99. The van der Waals surface area contributed by atoms with Gasteiger partial charge in [0.2, 0.25) is 0 Å². The molecule has 0 saturated carbocycles. The van der Waals surface area contributed by atoms with Crippen molar-refractivity contribution in [3.63, 3.8) is 0 Å². The van der Waals surface area contributed by atoms with Gasteiger partial charge in [-0.25, -0.2) is 0 Å². The normalized spacial score (nSPS) is 11.4. The third-order valence-electron chi connectivity index (χ3n) is 1.75. The zero-order chi connectivity index (χ0) is 10.4. The highest BCUT2D eigenvalue weighted by Gasteiger charge is 2.15. The van der Waals surface area contributed by atoms with E-state index >= 15 is 0 Å². The standard InChI is InChI=1S/C9H9N3O2/c10-12-11-8(9(13)14)6-7-4-2-1-3-5-7/h1-5,8H,6H2,(H,13,14). The molecule has 1 atom stereocenters. The molecule has 0 aromatic heterocycles. The van der Waals surface area contributed by atoms with Gasteiger partial charge in [-0.05, 0) is 17.5 Å². The van der Waals surface area contributed by atoms with Gasteiger partial charge < -0.3 is 5.11 Å². The maximum atomic E-state index is 10.6.